The van der Waals surface area contributed by atoms with Crippen LogP contribution in [-0.2, 0) is 14.2 Å². The summed E-state index contributed by atoms with van der Waals surface area (Å²) in [4.78, 5) is 26.7. The molecule has 2 heterocycles. The normalized spacial score (nSPS) is 21.7. The van der Waals surface area contributed by atoms with Crippen LogP contribution in [0.1, 0.15) is 55.8 Å². The van der Waals surface area contributed by atoms with Crippen LogP contribution in [-0.4, -0.2) is 83.2 Å². The van der Waals surface area contributed by atoms with Gasteiger partial charge in [0.25, 0.3) is 0 Å². The van der Waals surface area contributed by atoms with Gasteiger partial charge in [0, 0.05) is 51.4 Å². The summed E-state index contributed by atoms with van der Waals surface area (Å²) in [6.45, 7) is 5.89. The highest BCUT2D eigenvalue weighted by Crippen LogP contribution is 2.35. The Morgan fingerprint density at radius 3 is 2.87 bits per heavy atom. The largest absolute Gasteiger partial charge is 0.453 e. The number of halogens is 1. The first-order valence-electron chi connectivity index (χ1n) is 13.9. The number of rotatable bonds is 11. The fraction of sp³-hybridized carbons (Fsp3) is 0.714. The summed E-state index contributed by atoms with van der Waals surface area (Å²) >= 11 is 0. The number of carbonyl (C=O) groups is 2. The number of urea groups is 1. The average Bonchev–Trinajstić information content (AvgIpc) is 3.19. The Balaban J connectivity index is 1.66. The molecule has 9 nitrogen and oxygen atoms in total. The molecule has 0 bridgehead atoms. The molecule has 3 rings (SSSR count). The quantitative estimate of drug-likeness (QED) is 0.373. The Kier molecular flexibility index (Phi) is 12.6. The van der Waals surface area contributed by atoms with E-state index in [1.54, 1.807) is 6.07 Å². The smallest absolute Gasteiger partial charge is 0.406 e. The number of hydrogen-bond donors (Lipinski definition) is 3. The van der Waals surface area contributed by atoms with Gasteiger partial charge in [-0.2, -0.15) is 0 Å². The Hall–Kier alpha value is -2.43. The van der Waals surface area contributed by atoms with Crippen molar-refractivity contribution in [3.8, 4) is 0 Å². The molecule has 0 saturated carbocycles. The van der Waals surface area contributed by atoms with Crippen LogP contribution in [0.2, 0.25) is 0 Å². The van der Waals surface area contributed by atoms with E-state index in [2.05, 4.69) is 20.7 Å². The molecule has 3 amide bonds. The van der Waals surface area contributed by atoms with Crippen LogP contribution in [0.3, 0.4) is 0 Å². The highest BCUT2D eigenvalue weighted by atomic mass is 19.1. The molecule has 0 radical (unpaired) electrons. The molecule has 1 unspecified atom stereocenters. The number of piperidine rings is 1. The van der Waals surface area contributed by atoms with Crippen molar-refractivity contribution in [3.63, 3.8) is 0 Å². The molecule has 0 aliphatic carbocycles. The third-order valence-corrected chi connectivity index (χ3v) is 7.48. The third-order valence-electron chi connectivity index (χ3n) is 7.48. The van der Waals surface area contributed by atoms with Crippen LogP contribution in [0, 0.1) is 24.6 Å². The number of nitrogens with zero attached hydrogens (tertiary/aromatic N) is 1. The van der Waals surface area contributed by atoms with E-state index in [1.165, 1.54) is 19.2 Å². The summed E-state index contributed by atoms with van der Waals surface area (Å²) in [5.41, 5.74) is 1.70. The zero-order valence-electron chi connectivity index (χ0n) is 23.1. The molecule has 10 heteroatoms. The van der Waals surface area contributed by atoms with Gasteiger partial charge in [0.15, 0.2) is 0 Å². The third kappa shape index (κ3) is 9.39. The number of carbonyl (C=O) groups excluding carboxylic acids is 2. The van der Waals surface area contributed by atoms with Crippen molar-refractivity contribution >= 4 is 12.1 Å². The molecule has 2 saturated heterocycles. The second-order valence-electron chi connectivity index (χ2n) is 10.4. The predicted octanol–water partition coefficient (Wildman–Crippen LogP) is 3.76. The zero-order chi connectivity index (χ0) is 27.3. The first kappa shape index (κ1) is 30.1. The molecule has 0 spiro atoms. The average molecular weight is 537 g/mol. The van der Waals surface area contributed by atoms with Gasteiger partial charge in [-0.1, -0.05) is 12.5 Å². The van der Waals surface area contributed by atoms with Crippen molar-refractivity contribution in [2.75, 3.05) is 60.2 Å². The van der Waals surface area contributed by atoms with Crippen molar-refractivity contribution in [3.05, 3.63) is 35.1 Å². The van der Waals surface area contributed by atoms with Crippen molar-refractivity contribution < 1.29 is 28.2 Å². The van der Waals surface area contributed by atoms with Gasteiger partial charge in [0.05, 0.1) is 19.8 Å². The molecule has 0 aromatic heterocycles. The van der Waals surface area contributed by atoms with Crippen LogP contribution in [0.25, 0.3) is 0 Å². The number of likely N-dealkylation sites (tertiary alicyclic amines) is 1. The fourth-order valence-corrected chi connectivity index (χ4v) is 5.51. The standard InChI is InChI=1S/C28H45FN4O5/c1-20-9-10-23(29)16-25(20)26(38-14-11-31-28(35)36-3)22-8-6-12-33(18-22)27(34)32-24(17-30-2)15-21-7-4-5-13-37-19-21/h9-10,16,21-22,24,26,30H,4-8,11-15,17-19H2,1-3H3,(H,31,35)(H,32,34)/t21-,22-,24+,26?/m1/s1. The van der Waals surface area contributed by atoms with Gasteiger partial charge in [0.2, 0.25) is 0 Å². The number of methoxy groups -OCH3 is 1. The molecule has 2 aliphatic rings. The minimum absolute atomic E-state index is 0.00821. The summed E-state index contributed by atoms with van der Waals surface area (Å²) in [5, 5.41) is 9.08. The van der Waals surface area contributed by atoms with Crippen molar-refractivity contribution in [1.29, 1.82) is 0 Å². The summed E-state index contributed by atoms with van der Waals surface area (Å²) in [5.74, 6) is 0.110. The monoisotopic (exact) mass is 536 g/mol. The van der Waals surface area contributed by atoms with E-state index in [0.717, 1.165) is 62.9 Å². The van der Waals surface area contributed by atoms with Crippen LogP contribution < -0.4 is 16.0 Å². The molecule has 3 N–H and O–H groups in total. The first-order chi connectivity index (χ1) is 18.4. The minimum Gasteiger partial charge on any atom is -0.453 e. The van der Waals surface area contributed by atoms with Crippen molar-refractivity contribution in [2.24, 2.45) is 11.8 Å². The van der Waals surface area contributed by atoms with Gasteiger partial charge in [-0.05, 0) is 75.3 Å². The Bertz CT molecular complexity index is 881. The van der Waals surface area contributed by atoms with E-state index < -0.39 is 12.2 Å². The summed E-state index contributed by atoms with van der Waals surface area (Å²) in [7, 11) is 3.21. The van der Waals surface area contributed by atoms with E-state index >= 15 is 0 Å². The van der Waals surface area contributed by atoms with Crippen molar-refractivity contribution in [1.82, 2.24) is 20.9 Å². The zero-order valence-corrected chi connectivity index (χ0v) is 23.1. The van der Waals surface area contributed by atoms with Crippen LogP contribution in [0.5, 0.6) is 0 Å². The SMILES string of the molecule is CNC[C@H](C[C@H]1CCCCOC1)NC(=O)N1CCC[C@@H](C(OCCNC(=O)OC)c2cc(F)ccc2C)C1. The van der Waals surface area contributed by atoms with Gasteiger partial charge < -0.3 is 35.1 Å². The maximum atomic E-state index is 14.2. The van der Waals surface area contributed by atoms with Gasteiger partial charge in [-0.25, -0.2) is 14.0 Å². The number of nitrogens with one attached hydrogen (secondary N) is 3. The Labute approximate surface area is 226 Å². The summed E-state index contributed by atoms with van der Waals surface area (Å²) in [6, 6.07) is 4.65. The second kappa shape index (κ2) is 15.9. The molecule has 4 atom stereocenters. The summed E-state index contributed by atoms with van der Waals surface area (Å²) in [6.07, 6.45) is 5.02. The predicted molar refractivity (Wildman–Crippen MR) is 144 cm³/mol. The Morgan fingerprint density at radius 2 is 2.08 bits per heavy atom. The number of likely N-dealkylation sites (N-methyl/N-ethyl adjacent to an activating group) is 1. The molecule has 1 aromatic carbocycles. The van der Waals surface area contributed by atoms with Crippen LogP contribution in [0.4, 0.5) is 14.0 Å². The van der Waals surface area contributed by atoms with E-state index in [1.807, 2.05) is 18.9 Å². The highest BCUT2D eigenvalue weighted by molar-refractivity contribution is 5.74. The molecule has 214 valence electrons. The lowest BCUT2D eigenvalue weighted by Crippen LogP contribution is -2.52. The lowest BCUT2D eigenvalue weighted by molar-refractivity contribution is -0.00917. The number of benzene rings is 1. The second-order valence-corrected chi connectivity index (χ2v) is 10.4. The molecule has 2 fully saturated rings. The molecular formula is C28H45FN4O5. The summed E-state index contributed by atoms with van der Waals surface area (Å²) < 4.78 is 30.8. The molecule has 2 aliphatic heterocycles. The minimum atomic E-state index is -0.529. The van der Waals surface area contributed by atoms with Crippen LogP contribution in [0.15, 0.2) is 18.2 Å². The van der Waals surface area contributed by atoms with E-state index in [0.29, 0.717) is 25.6 Å². The Morgan fingerprint density at radius 1 is 1.24 bits per heavy atom. The fourth-order valence-electron chi connectivity index (χ4n) is 5.51. The maximum absolute atomic E-state index is 14.2. The maximum Gasteiger partial charge on any atom is 0.406 e. The molecule has 1 aromatic rings. The number of hydrogen-bond acceptors (Lipinski definition) is 6. The highest BCUT2D eigenvalue weighted by Gasteiger charge is 2.33. The van der Waals surface area contributed by atoms with E-state index in [4.69, 9.17) is 9.47 Å². The van der Waals surface area contributed by atoms with E-state index in [9.17, 15) is 14.0 Å². The van der Waals surface area contributed by atoms with E-state index in [-0.39, 0.29) is 37.0 Å². The van der Waals surface area contributed by atoms with Gasteiger partial charge in [-0.15, -0.1) is 0 Å². The van der Waals surface area contributed by atoms with Crippen molar-refractivity contribution in [2.45, 2.75) is 57.6 Å². The van der Waals surface area contributed by atoms with Gasteiger partial charge in [0.1, 0.15) is 5.82 Å². The number of amides is 3. The number of ether oxygens (including phenoxy) is 3. The number of alkyl carbamates (subject to hydrolysis) is 1. The lowest BCUT2D eigenvalue weighted by atomic mass is 9.86. The van der Waals surface area contributed by atoms with Crippen LogP contribution >= 0.6 is 0 Å². The van der Waals surface area contributed by atoms with Gasteiger partial charge >= 0.3 is 12.1 Å². The van der Waals surface area contributed by atoms with Gasteiger partial charge in [-0.3, -0.25) is 0 Å². The molecular weight excluding hydrogens is 491 g/mol. The topological polar surface area (TPSA) is 101 Å². The number of aryl methyl sites for hydroxylation is 1. The molecule has 38 heavy (non-hydrogen) atoms. The lowest BCUT2D eigenvalue weighted by Gasteiger charge is -2.38. The first-order valence-corrected chi connectivity index (χ1v) is 13.9.